The highest BCUT2D eigenvalue weighted by Gasteiger charge is 2.49. The molecule has 0 aliphatic carbocycles. The van der Waals surface area contributed by atoms with Crippen LogP contribution in [0.3, 0.4) is 0 Å². The molecule has 0 atom stereocenters. The van der Waals surface area contributed by atoms with Crippen molar-refractivity contribution in [2.24, 2.45) is 0 Å². The molecular formula is C18H8F13NO4S2. The van der Waals surface area contributed by atoms with Gasteiger partial charge in [0.25, 0.3) is 20.0 Å². The van der Waals surface area contributed by atoms with Crippen molar-refractivity contribution in [3.8, 4) is 0 Å². The van der Waals surface area contributed by atoms with E-state index in [4.69, 9.17) is 0 Å². The average molecular weight is 613 g/mol. The van der Waals surface area contributed by atoms with Crippen LogP contribution in [0.25, 0.3) is 6.08 Å². The normalized spacial score (nSPS) is 13.9. The summed E-state index contributed by atoms with van der Waals surface area (Å²) in [7, 11) is -13.3. The number of alkyl halides is 9. The van der Waals surface area contributed by atoms with E-state index in [0.29, 0.717) is 6.08 Å². The zero-order valence-corrected chi connectivity index (χ0v) is 19.3. The molecule has 2 aromatic rings. The first-order valence-corrected chi connectivity index (χ1v) is 12.0. The van der Waals surface area contributed by atoms with Crippen LogP contribution in [0.2, 0.25) is 0 Å². The second kappa shape index (κ2) is 9.70. The molecule has 0 aromatic heterocycles. The van der Waals surface area contributed by atoms with Crippen molar-refractivity contribution in [2.45, 2.75) is 35.2 Å². The van der Waals surface area contributed by atoms with Crippen LogP contribution < -0.4 is 4.13 Å². The molecule has 2 rings (SSSR count). The molecule has 20 heteroatoms. The third kappa shape index (κ3) is 5.90. The molecule has 0 radical (unpaired) electrons. The van der Waals surface area contributed by atoms with Gasteiger partial charge in [0.2, 0.25) is 0 Å². The van der Waals surface area contributed by atoms with Crippen molar-refractivity contribution >= 4 is 26.1 Å². The number of rotatable bonds is 5. The highest BCUT2D eigenvalue weighted by Crippen LogP contribution is 2.45. The van der Waals surface area contributed by atoms with Gasteiger partial charge in [-0.25, -0.2) is 34.4 Å². The topological polar surface area (TPSA) is 80.3 Å². The van der Waals surface area contributed by atoms with Crippen LogP contribution in [0, 0.1) is 23.3 Å². The molecule has 0 saturated heterocycles. The maximum Gasteiger partial charge on any atom is 0.417 e. The molecule has 0 spiro atoms. The first kappa shape index (κ1) is 31.3. The van der Waals surface area contributed by atoms with Gasteiger partial charge in [-0.1, -0.05) is 12.2 Å². The lowest BCUT2D eigenvalue weighted by molar-refractivity contribution is -0.152. The summed E-state index contributed by atoms with van der Waals surface area (Å²) in [6.45, 7) is 0.965. The van der Waals surface area contributed by atoms with Crippen LogP contribution in [0.15, 0.2) is 28.0 Å². The van der Waals surface area contributed by atoms with E-state index in [-0.39, 0.29) is 10.2 Å². The van der Waals surface area contributed by atoms with Gasteiger partial charge < -0.3 is 0 Å². The van der Waals surface area contributed by atoms with Gasteiger partial charge in [-0.3, -0.25) is 0 Å². The van der Waals surface area contributed by atoms with E-state index in [2.05, 4.69) is 0 Å². The largest absolute Gasteiger partial charge is 0.417 e. The van der Waals surface area contributed by atoms with Crippen LogP contribution in [-0.2, 0) is 38.6 Å². The van der Waals surface area contributed by atoms with E-state index >= 15 is 0 Å². The Kier molecular flexibility index (Phi) is 8.01. The minimum atomic E-state index is -6.81. The number of hydrogen-bond acceptors (Lipinski definition) is 4. The Labute approximate surface area is 203 Å². The quantitative estimate of drug-likeness (QED) is 0.255. The summed E-state index contributed by atoms with van der Waals surface area (Å²) in [6, 6.07) is -2.14. The van der Waals surface area contributed by atoms with Gasteiger partial charge in [-0.15, -0.1) is 4.13 Å². The van der Waals surface area contributed by atoms with E-state index < -0.39 is 106 Å². The van der Waals surface area contributed by atoms with Crippen molar-refractivity contribution in [2.75, 3.05) is 0 Å². The Morgan fingerprint density at radius 2 is 1.03 bits per heavy atom. The molecule has 212 valence electrons. The Balaban J connectivity index is 3.01. The number of allylic oxidation sites excluding steroid dienone is 1. The summed E-state index contributed by atoms with van der Waals surface area (Å²) < 4.78 is 226. The first-order chi connectivity index (χ1) is 16.9. The Morgan fingerprint density at radius 1 is 0.632 bits per heavy atom. The molecule has 0 amide bonds. The van der Waals surface area contributed by atoms with Crippen molar-refractivity contribution in [3.05, 3.63) is 63.7 Å². The standard InChI is InChI=1S/C18H8F13NO4S2/c1-2-3-7-10(19)11(20)12(21)13(22)14(7)37(33,34)32-38(35,36)15-8(17(26,27)28)4-6(16(23,24)25)5-9(15)18(29,30)31/h2-5,32H,1H3/b3-2+. The van der Waals surface area contributed by atoms with Crippen LogP contribution in [0.4, 0.5) is 57.1 Å². The minimum absolute atomic E-state index is 0.195. The van der Waals surface area contributed by atoms with Gasteiger partial charge >= 0.3 is 18.5 Å². The first-order valence-electron chi connectivity index (χ1n) is 9.04. The molecule has 0 saturated carbocycles. The fraction of sp³-hybridized carbons (Fsp3) is 0.222. The molecular weight excluding hydrogens is 605 g/mol. The lowest BCUT2D eigenvalue weighted by atomic mass is 10.0. The summed E-state index contributed by atoms with van der Waals surface area (Å²) in [6.07, 6.45) is -17.6. The minimum Gasteiger partial charge on any atom is -0.206 e. The molecule has 0 aliphatic heterocycles. The number of hydrogen-bond donors (Lipinski definition) is 1. The summed E-state index contributed by atoms with van der Waals surface area (Å²) in [5.41, 5.74) is -10.7. The van der Waals surface area contributed by atoms with Gasteiger partial charge in [0.1, 0.15) is 9.79 Å². The number of nitrogens with one attached hydrogen (secondary N) is 1. The SMILES string of the molecule is C/C=C/c1c(F)c(F)c(F)c(F)c1S(=O)(=O)NS(=O)(=O)c1c(C(F)(F)F)cc(C(F)(F)F)cc1C(F)(F)F. The molecule has 0 heterocycles. The van der Waals surface area contributed by atoms with Crippen molar-refractivity contribution in [1.29, 1.82) is 0 Å². The predicted octanol–water partition coefficient (Wildman–Crippen LogP) is 6.00. The molecule has 0 bridgehead atoms. The second-order valence-electron chi connectivity index (χ2n) is 6.98. The van der Waals surface area contributed by atoms with Crippen molar-refractivity contribution in [3.63, 3.8) is 0 Å². The summed E-state index contributed by atoms with van der Waals surface area (Å²) >= 11 is 0. The molecule has 0 unspecified atom stereocenters. The zero-order valence-electron chi connectivity index (χ0n) is 17.7. The summed E-state index contributed by atoms with van der Waals surface area (Å²) in [4.78, 5) is -5.49. The second-order valence-corrected chi connectivity index (χ2v) is 10.5. The summed E-state index contributed by atoms with van der Waals surface area (Å²) in [5, 5.41) is 0. The van der Waals surface area contributed by atoms with E-state index in [1.165, 1.54) is 0 Å². The third-order valence-electron chi connectivity index (χ3n) is 4.38. The van der Waals surface area contributed by atoms with E-state index in [9.17, 15) is 73.9 Å². The molecule has 38 heavy (non-hydrogen) atoms. The molecule has 2 aromatic carbocycles. The fourth-order valence-corrected chi connectivity index (χ4v) is 6.46. The molecule has 1 N–H and O–H groups in total. The van der Waals surface area contributed by atoms with Crippen molar-refractivity contribution < 1.29 is 73.9 Å². The number of sulfonamides is 2. The summed E-state index contributed by atoms with van der Waals surface area (Å²) in [5.74, 6) is -10.8. The van der Waals surface area contributed by atoms with Crippen molar-refractivity contribution in [1.82, 2.24) is 4.13 Å². The molecule has 5 nitrogen and oxygen atoms in total. The van der Waals surface area contributed by atoms with Crippen LogP contribution in [0.1, 0.15) is 29.2 Å². The van der Waals surface area contributed by atoms with Gasteiger partial charge in [0.05, 0.1) is 16.7 Å². The fourth-order valence-electron chi connectivity index (χ4n) is 2.94. The third-order valence-corrected chi connectivity index (χ3v) is 8.05. The zero-order chi connectivity index (χ0) is 29.8. The van der Waals surface area contributed by atoms with Gasteiger partial charge in [0, 0.05) is 5.56 Å². The molecule has 0 aliphatic rings. The maximum atomic E-state index is 14.3. The van der Waals surface area contributed by atoms with E-state index in [1.807, 2.05) is 0 Å². The number of halogens is 13. The Hall–Kier alpha value is -2.87. The maximum absolute atomic E-state index is 14.3. The highest BCUT2D eigenvalue weighted by molar-refractivity contribution is 8.04. The van der Waals surface area contributed by atoms with Gasteiger partial charge in [0.15, 0.2) is 23.3 Å². The molecule has 0 fully saturated rings. The highest BCUT2D eigenvalue weighted by atomic mass is 32.3. The monoisotopic (exact) mass is 613 g/mol. The van der Waals surface area contributed by atoms with Crippen LogP contribution in [0.5, 0.6) is 0 Å². The number of benzene rings is 2. The lowest BCUT2D eigenvalue weighted by Crippen LogP contribution is -2.35. The average Bonchev–Trinajstić information content (AvgIpc) is 2.72. The Bertz CT molecular complexity index is 1490. The van der Waals surface area contributed by atoms with Gasteiger partial charge in [-0.05, 0) is 19.1 Å². The van der Waals surface area contributed by atoms with Crippen LogP contribution in [-0.4, -0.2) is 16.8 Å². The predicted molar refractivity (Wildman–Crippen MR) is 99.9 cm³/mol. The van der Waals surface area contributed by atoms with Gasteiger partial charge in [-0.2, -0.15) is 39.5 Å². The smallest absolute Gasteiger partial charge is 0.206 e. The Morgan fingerprint density at radius 3 is 1.39 bits per heavy atom. The van der Waals surface area contributed by atoms with E-state index in [0.717, 1.165) is 6.92 Å². The van der Waals surface area contributed by atoms with Crippen LogP contribution >= 0.6 is 0 Å². The lowest BCUT2D eigenvalue weighted by Gasteiger charge is -2.21. The van der Waals surface area contributed by atoms with E-state index in [1.54, 1.807) is 0 Å².